The van der Waals surface area contributed by atoms with Crippen molar-refractivity contribution in [3.8, 4) is 23.7 Å². The molecule has 34 heavy (non-hydrogen) atoms. The van der Waals surface area contributed by atoms with Gasteiger partial charge in [0.1, 0.15) is 13.2 Å². The van der Waals surface area contributed by atoms with Crippen molar-refractivity contribution in [2.45, 2.75) is 13.8 Å². The number of nitrogens with zero attached hydrogens (tertiary/aromatic N) is 2. The zero-order valence-corrected chi connectivity index (χ0v) is 20.6. The Hall–Kier alpha value is -4.16. The number of hydrogen-bond donors (Lipinski definition) is 0. The van der Waals surface area contributed by atoms with Gasteiger partial charge in [-0.25, -0.2) is 0 Å². The van der Waals surface area contributed by atoms with Crippen molar-refractivity contribution in [3.63, 3.8) is 0 Å². The minimum Gasteiger partial charge on any atom is -0.460 e. The minimum absolute atomic E-state index is 0.0665. The predicted molar refractivity (Wildman–Crippen MR) is 136 cm³/mol. The van der Waals surface area contributed by atoms with Crippen LogP contribution in [-0.2, 0) is 19.1 Å². The van der Waals surface area contributed by atoms with Gasteiger partial charge in [-0.1, -0.05) is 23.7 Å². The zero-order chi connectivity index (χ0) is 25.1. The van der Waals surface area contributed by atoms with Crippen molar-refractivity contribution in [2.24, 2.45) is 0 Å². The van der Waals surface area contributed by atoms with Crippen LogP contribution in [-0.4, -0.2) is 53.3 Å². The highest BCUT2D eigenvalue weighted by molar-refractivity contribution is 5.67. The molecule has 0 aliphatic heterocycles. The van der Waals surface area contributed by atoms with Gasteiger partial charge in [-0.2, -0.15) is 0 Å². The quantitative estimate of drug-likeness (QED) is 0.487. The molecule has 0 saturated heterocycles. The Kier molecular flexibility index (Phi) is 9.80. The molecule has 0 spiro atoms. The molecular formula is C28H30N2O4. The monoisotopic (exact) mass is 458 g/mol. The van der Waals surface area contributed by atoms with Crippen LogP contribution < -0.4 is 9.80 Å². The molecule has 0 aliphatic rings. The van der Waals surface area contributed by atoms with Gasteiger partial charge in [-0.05, 0) is 48.5 Å². The van der Waals surface area contributed by atoms with Gasteiger partial charge in [0.05, 0.1) is 11.1 Å². The summed E-state index contributed by atoms with van der Waals surface area (Å²) in [7, 11) is 7.87. The molecule has 0 N–H and O–H groups in total. The molecule has 0 atom stereocenters. The molecule has 0 heterocycles. The largest absolute Gasteiger partial charge is 0.460 e. The Balaban J connectivity index is 2.46. The number of hydrogen-bond acceptors (Lipinski definition) is 6. The van der Waals surface area contributed by atoms with Gasteiger partial charge >= 0.3 is 11.9 Å². The maximum absolute atomic E-state index is 11.5. The van der Waals surface area contributed by atoms with Crippen LogP contribution in [0.5, 0.6) is 0 Å². The summed E-state index contributed by atoms with van der Waals surface area (Å²) in [4.78, 5) is 26.9. The lowest BCUT2D eigenvalue weighted by Crippen LogP contribution is -2.09. The highest BCUT2D eigenvalue weighted by atomic mass is 16.5. The van der Waals surface area contributed by atoms with Crippen molar-refractivity contribution in [2.75, 3.05) is 51.2 Å². The summed E-state index contributed by atoms with van der Waals surface area (Å²) in [5, 5.41) is 0. The molecule has 6 nitrogen and oxygen atoms in total. The van der Waals surface area contributed by atoms with Crippen LogP contribution in [0.2, 0.25) is 0 Å². The number of benzene rings is 2. The fraction of sp³-hybridized carbons (Fsp3) is 0.286. The van der Waals surface area contributed by atoms with Crippen LogP contribution in [0.15, 0.2) is 59.7 Å². The smallest absolute Gasteiger partial charge is 0.302 e. The lowest BCUT2D eigenvalue weighted by atomic mass is 10.1. The van der Waals surface area contributed by atoms with Crippen molar-refractivity contribution in [1.82, 2.24) is 0 Å². The highest BCUT2D eigenvalue weighted by Gasteiger charge is 2.08. The van der Waals surface area contributed by atoms with Gasteiger partial charge in [-0.3, -0.25) is 9.59 Å². The van der Waals surface area contributed by atoms with E-state index in [1.807, 2.05) is 86.5 Å². The highest BCUT2D eigenvalue weighted by Crippen LogP contribution is 2.14. The SMILES string of the molecule is CC(=O)OC/C(C#Cc1ccc(N(C)C)cc1)=C(\C#Cc1ccc(N(C)C)cc1)COC(C)=O. The van der Waals surface area contributed by atoms with Gasteiger partial charge < -0.3 is 19.3 Å². The van der Waals surface area contributed by atoms with Gasteiger partial charge in [0.2, 0.25) is 0 Å². The van der Waals surface area contributed by atoms with Crippen molar-refractivity contribution < 1.29 is 19.1 Å². The summed E-state index contributed by atoms with van der Waals surface area (Å²) in [6.45, 7) is 2.52. The van der Waals surface area contributed by atoms with Crippen LogP contribution >= 0.6 is 0 Å². The topological polar surface area (TPSA) is 59.1 Å². The molecular weight excluding hydrogens is 428 g/mol. The lowest BCUT2D eigenvalue weighted by Gasteiger charge is -2.11. The number of ether oxygens (including phenoxy) is 2. The zero-order valence-electron chi connectivity index (χ0n) is 20.6. The average Bonchev–Trinajstić information content (AvgIpc) is 2.80. The molecule has 0 bridgehead atoms. The Morgan fingerprint density at radius 2 is 0.971 bits per heavy atom. The molecule has 0 aromatic heterocycles. The van der Waals surface area contributed by atoms with Gasteiger partial charge in [-0.15, -0.1) is 0 Å². The maximum Gasteiger partial charge on any atom is 0.302 e. The molecule has 0 fully saturated rings. The summed E-state index contributed by atoms with van der Waals surface area (Å²) in [6.07, 6.45) is 0. The van der Waals surface area contributed by atoms with Crippen LogP contribution in [0.3, 0.4) is 0 Å². The molecule has 0 radical (unpaired) electrons. The van der Waals surface area contributed by atoms with E-state index in [2.05, 4.69) is 23.7 Å². The molecule has 0 aliphatic carbocycles. The Morgan fingerprint density at radius 1 is 0.647 bits per heavy atom. The second-order valence-electron chi connectivity index (χ2n) is 7.90. The Labute approximate surface area is 202 Å². The van der Waals surface area contributed by atoms with E-state index in [1.165, 1.54) is 13.8 Å². The molecule has 2 aromatic carbocycles. The number of anilines is 2. The van der Waals surface area contributed by atoms with E-state index in [4.69, 9.17) is 9.47 Å². The second kappa shape index (κ2) is 12.8. The Morgan fingerprint density at radius 3 is 1.24 bits per heavy atom. The van der Waals surface area contributed by atoms with Gasteiger partial charge in [0, 0.05) is 64.5 Å². The standard InChI is InChI=1S/C28H30N2O4/c1-21(31)33-19-25(13-7-23-9-15-27(16-10-23)29(3)4)26(20-34-22(2)32)14-8-24-11-17-28(18-12-24)30(5)6/h9-12,15-18H,19-20H2,1-6H3/b26-25+. The minimum atomic E-state index is -0.436. The van der Waals surface area contributed by atoms with E-state index in [0.717, 1.165) is 22.5 Å². The van der Waals surface area contributed by atoms with Crippen molar-refractivity contribution >= 4 is 23.3 Å². The first-order valence-electron chi connectivity index (χ1n) is 10.7. The molecule has 0 amide bonds. The van der Waals surface area contributed by atoms with Gasteiger partial charge in [0.25, 0.3) is 0 Å². The second-order valence-corrected chi connectivity index (χ2v) is 7.90. The van der Waals surface area contributed by atoms with Crippen LogP contribution in [0.25, 0.3) is 0 Å². The van der Waals surface area contributed by atoms with E-state index >= 15 is 0 Å². The third kappa shape index (κ3) is 8.76. The predicted octanol–water partition coefficient (Wildman–Crippen LogP) is 3.64. The third-order valence-corrected chi connectivity index (χ3v) is 4.69. The Bertz CT molecular complexity index is 1060. The summed E-state index contributed by atoms with van der Waals surface area (Å²) >= 11 is 0. The van der Waals surface area contributed by atoms with E-state index in [9.17, 15) is 9.59 Å². The summed E-state index contributed by atoms with van der Waals surface area (Å²) in [5.41, 5.74) is 4.66. The molecule has 176 valence electrons. The fourth-order valence-electron chi connectivity index (χ4n) is 2.73. The molecule has 0 saturated carbocycles. The number of rotatable bonds is 6. The van der Waals surface area contributed by atoms with Crippen molar-refractivity contribution in [3.05, 3.63) is 70.8 Å². The first-order valence-corrected chi connectivity index (χ1v) is 10.7. The first-order chi connectivity index (χ1) is 16.2. The molecule has 6 heteroatoms. The van der Waals surface area contributed by atoms with Crippen LogP contribution in [0.1, 0.15) is 25.0 Å². The lowest BCUT2D eigenvalue weighted by molar-refractivity contribution is -0.141. The maximum atomic E-state index is 11.5. The fourth-order valence-corrected chi connectivity index (χ4v) is 2.73. The molecule has 2 aromatic rings. The number of esters is 2. The third-order valence-electron chi connectivity index (χ3n) is 4.69. The summed E-state index contributed by atoms with van der Waals surface area (Å²) < 4.78 is 10.4. The van der Waals surface area contributed by atoms with Crippen LogP contribution in [0.4, 0.5) is 11.4 Å². The van der Waals surface area contributed by atoms with E-state index in [-0.39, 0.29) is 13.2 Å². The van der Waals surface area contributed by atoms with Crippen LogP contribution in [0, 0.1) is 23.7 Å². The average molecular weight is 459 g/mol. The molecule has 0 unspecified atom stereocenters. The molecule has 2 rings (SSSR count). The number of carbonyl (C=O) groups excluding carboxylic acids is 2. The van der Waals surface area contributed by atoms with Gasteiger partial charge in [0.15, 0.2) is 0 Å². The van der Waals surface area contributed by atoms with E-state index in [0.29, 0.717) is 11.1 Å². The summed E-state index contributed by atoms with van der Waals surface area (Å²) in [5.74, 6) is 11.4. The van der Waals surface area contributed by atoms with E-state index < -0.39 is 11.9 Å². The normalized spacial score (nSPS) is 10.5. The number of carbonyl (C=O) groups is 2. The van der Waals surface area contributed by atoms with Crippen molar-refractivity contribution in [1.29, 1.82) is 0 Å². The first kappa shape index (κ1) is 26.1. The van der Waals surface area contributed by atoms with E-state index in [1.54, 1.807) is 0 Å². The summed E-state index contributed by atoms with van der Waals surface area (Å²) in [6, 6.07) is 15.5.